The van der Waals surface area contributed by atoms with Gasteiger partial charge in [-0.1, -0.05) is 0 Å². The lowest BCUT2D eigenvalue weighted by Crippen LogP contribution is -2.44. The van der Waals surface area contributed by atoms with Crippen molar-refractivity contribution in [2.24, 2.45) is 5.41 Å². The van der Waals surface area contributed by atoms with Gasteiger partial charge in [-0.15, -0.1) is 0 Å². The standard InChI is InChI=1S/C24H28N4O/c1-2-26-13-7-19-17-20(3-4-22(19)26)23(29)27-14-8-24(9-15-27)10-16-28(18-24)21-5-11-25-12-6-21/h3-7,11-13,17H,2,8-10,14-16,18H2,1H3. The summed E-state index contributed by atoms with van der Waals surface area (Å²) in [6, 6.07) is 12.4. The molecule has 1 spiro atoms. The van der Waals surface area contributed by atoms with Crippen molar-refractivity contribution in [1.82, 2.24) is 14.5 Å². The quantitative estimate of drug-likeness (QED) is 0.676. The molecule has 4 heterocycles. The first-order chi connectivity index (χ1) is 14.2. The zero-order valence-corrected chi connectivity index (χ0v) is 17.1. The molecule has 2 saturated heterocycles. The van der Waals surface area contributed by atoms with Crippen LogP contribution in [-0.4, -0.2) is 46.5 Å². The molecule has 150 valence electrons. The van der Waals surface area contributed by atoms with E-state index in [1.807, 2.05) is 18.5 Å². The highest BCUT2D eigenvalue weighted by atomic mass is 16.2. The van der Waals surface area contributed by atoms with Crippen molar-refractivity contribution >= 4 is 22.5 Å². The number of nitrogens with zero attached hydrogens (tertiary/aromatic N) is 4. The fourth-order valence-electron chi connectivity index (χ4n) is 5.09. The lowest BCUT2D eigenvalue weighted by atomic mass is 9.77. The Hall–Kier alpha value is -2.82. The van der Waals surface area contributed by atoms with Crippen molar-refractivity contribution < 1.29 is 4.79 Å². The summed E-state index contributed by atoms with van der Waals surface area (Å²) in [5.74, 6) is 0.176. The number of hydrogen-bond acceptors (Lipinski definition) is 3. The molecule has 2 aliphatic rings. The first-order valence-corrected chi connectivity index (χ1v) is 10.7. The number of piperidine rings is 1. The van der Waals surface area contributed by atoms with Crippen LogP contribution in [-0.2, 0) is 6.54 Å². The summed E-state index contributed by atoms with van der Waals surface area (Å²) in [6.07, 6.45) is 9.23. The van der Waals surface area contributed by atoms with E-state index in [4.69, 9.17) is 0 Å². The zero-order chi connectivity index (χ0) is 19.8. The summed E-state index contributed by atoms with van der Waals surface area (Å²) >= 11 is 0. The molecule has 3 aromatic rings. The molecule has 0 aliphatic carbocycles. The molecule has 0 radical (unpaired) electrons. The second kappa shape index (κ2) is 7.21. The van der Waals surface area contributed by atoms with Crippen molar-refractivity contribution in [2.75, 3.05) is 31.1 Å². The summed E-state index contributed by atoms with van der Waals surface area (Å²) in [7, 11) is 0. The van der Waals surface area contributed by atoms with Crippen LogP contribution in [0, 0.1) is 5.41 Å². The Morgan fingerprint density at radius 1 is 1.03 bits per heavy atom. The lowest BCUT2D eigenvalue weighted by Gasteiger charge is -2.39. The topological polar surface area (TPSA) is 41.4 Å². The zero-order valence-electron chi connectivity index (χ0n) is 17.1. The molecule has 0 saturated carbocycles. The van der Waals surface area contributed by atoms with Crippen molar-refractivity contribution in [1.29, 1.82) is 0 Å². The van der Waals surface area contributed by atoms with E-state index in [2.05, 4.69) is 62.8 Å². The van der Waals surface area contributed by atoms with Gasteiger partial charge in [0.15, 0.2) is 0 Å². The van der Waals surface area contributed by atoms with Gasteiger partial charge in [0.1, 0.15) is 0 Å². The van der Waals surface area contributed by atoms with Gasteiger partial charge in [-0.3, -0.25) is 9.78 Å². The highest BCUT2D eigenvalue weighted by molar-refractivity contribution is 5.98. The third-order valence-corrected chi connectivity index (χ3v) is 6.94. The van der Waals surface area contributed by atoms with E-state index in [-0.39, 0.29) is 5.91 Å². The molecule has 0 atom stereocenters. The molecule has 2 aliphatic heterocycles. The number of likely N-dealkylation sites (tertiary alicyclic amines) is 1. The number of anilines is 1. The van der Waals surface area contributed by atoms with E-state index in [1.165, 1.54) is 17.6 Å². The Bertz CT molecular complexity index is 1020. The predicted octanol–water partition coefficient (Wildman–Crippen LogP) is 4.19. The number of amides is 1. The fraction of sp³-hybridized carbons (Fsp3) is 0.417. The second-order valence-corrected chi connectivity index (χ2v) is 8.54. The number of fused-ring (bicyclic) bond motifs is 1. The number of rotatable bonds is 3. The maximum atomic E-state index is 13.1. The molecule has 29 heavy (non-hydrogen) atoms. The minimum atomic E-state index is 0.176. The molecule has 0 unspecified atom stereocenters. The maximum absolute atomic E-state index is 13.1. The van der Waals surface area contributed by atoms with Crippen LogP contribution in [0.1, 0.15) is 36.5 Å². The summed E-state index contributed by atoms with van der Waals surface area (Å²) in [6.45, 7) is 7.00. The predicted molar refractivity (Wildman–Crippen MR) is 116 cm³/mol. The number of carbonyl (C=O) groups excluding carboxylic acids is 1. The van der Waals surface area contributed by atoms with E-state index >= 15 is 0 Å². The Morgan fingerprint density at radius 2 is 1.79 bits per heavy atom. The van der Waals surface area contributed by atoms with Gasteiger partial charge in [0.05, 0.1) is 0 Å². The molecule has 5 heteroatoms. The summed E-state index contributed by atoms with van der Waals surface area (Å²) in [5.41, 5.74) is 3.63. The molecular weight excluding hydrogens is 360 g/mol. The number of hydrogen-bond donors (Lipinski definition) is 0. The Labute approximate surface area is 171 Å². The van der Waals surface area contributed by atoms with E-state index < -0.39 is 0 Å². The maximum Gasteiger partial charge on any atom is 0.253 e. The van der Waals surface area contributed by atoms with Gasteiger partial charge in [0.2, 0.25) is 0 Å². The first kappa shape index (κ1) is 18.2. The molecule has 0 N–H and O–H groups in total. The van der Waals surface area contributed by atoms with Crippen LogP contribution < -0.4 is 4.90 Å². The lowest BCUT2D eigenvalue weighted by molar-refractivity contribution is 0.0610. The number of carbonyl (C=O) groups is 1. The largest absolute Gasteiger partial charge is 0.371 e. The first-order valence-electron chi connectivity index (χ1n) is 10.7. The Balaban J connectivity index is 1.25. The van der Waals surface area contributed by atoms with Crippen LogP contribution >= 0.6 is 0 Å². The van der Waals surface area contributed by atoms with Gasteiger partial charge in [0.25, 0.3) is 5.91 Å². The summed E-state index contributed by atoms with van der Waals surface area (Å²) in [5, 5.41) is 1.15. The van der Waals surface area contributed by atoms with Crippen LogP contribution in [0.25, 0.3) is 10.9 Å². The van der Waals surface area contributed by atoms with Crippen molar-refractivity contribution in [3.05, 3.63) is 60.6 Å². The molecule has 5 nitrogen and oxygen atoms in total. The minimum Gasteiger partial charge on any atom is -0.371 e. The number of benzene rings is 1. The summed E-state index contributed by atoms with van der Waals surface area (Å²) < 4.78 is 2.21. The van der Waals surface area contributed by atoms with Gasteiger partial charge in [-0.2, -0.15) is 0 Å². The van der Waals surface area contributed by atoms with Crippen LogP contribution in [0.3, 0.4) is 0 Å². The van der Waals surface area contributed by atoms with Crippen LogP contribution in [0.2, 0.25) is 0 Å². The average Bonchev–Trinajstić information content (AvgIpc) is 3.38. The fourth-order valence-corrected chi connectivity index (χ4v) is 5.09. The average molecular weight is 389 g/mol. The van der Waals surface area contributed by atoms with Crippen molar-refractivity contribution in [3.8, 4) is 0 Å². The summed E-state index contributed by atoms with van der Waals surface area (Å²) in [4.78, 5) is 21.8. The number of aromatic nitrogens is 2. The monoisotopic (exact) mass is 388 g/mol. The minimum absolute atomic E-state index is 0.176. The van der Waals surface area contributed by atoms with Crippen LogP contribution in [0.15, 0.2) is 55.0 Å². The van der Waals surface area contributed by atoms with Crippen molar-refractivity contribution in [3.63, 3.8) is 0 Å². The molecule has 1 aromatic carbocycles. The Kier molecular flexibility index (Phi) is 4.53. The van der Waals surface area contributed by atoms with Crippen LogP contribution in [0.4, 0.5) is 5.69 Å². The van der Waals surface area contributed by atoms with Gasteiger partial charge >= 0.3 is 0 Å². The Morgan fingerprint density at radius 3 is 2.55 bits per heavy atom. The highest BCUT2D eigenvalue weighted by Gasteiger charge is 2.41. The van der Waals surface area contributed by atoms with Gasteiger partial charge in [0, 0.05) is 73.5 Å². The van der Waals surface area contributed by atoms with E-state index in [9.17, 15) is 4.79 Å². The molecule has 2 fully saturated rings. The number of pyridine rings is 1. The van der Waals surface area contributed by atoms with E-state index in [0.717, 1.165) is 56.5 Å². The molecule has 5 rings (SSSR count). The highest BCUT2D eigenvalue weighted by Crippen LogP contribution is 2.42. The molecule has 1 amide bonds. The van der Waals surface area contributed by atoms with Crippen molar-refractivity contribution in [2.45, 2.75) is 32.7 Å². The normalized spacial score (nSPS) is 18.7. The second-order valence-electron chi connectivity index (χ2n) is 8.54. The van der Waals surface area contributed by atoms with Gasteiger partial charge < -0.3 is 14.4 Å². The van der Waals surface area contributed by atoms with Crippen LogP contribution in [0.5, 0.6) is 0 Å². The third kappa shape index (κ3) is 3.28. The van der Waals surface area contributed by atoms with E-state index in [0.29, 0.717) is 5.41 Å². The third-order valence-electron chi connectivity index (χ3n) is 6.94. The molecular formula is C24H28N4O. The molecule has 2 aromatic heterocycles. The molecule has 0 bridgehead atoms. The number of aryl methyl sites for hydroxylation is 1. The smallest absolute Gasteiger partial charge is 0.253 e. The van der Waals surface area contributed by atoms with Gasteiger partial charge in [-0.25, -0.2) is 0 Å². The van der Waals surface area contributed by atoms with E-state index in [1.54, 1.807) is 0 Å². The SMILES string of the molecule is CCn1ccc2cc(C(=O)N3CCC4(CC3)CCN(c3ccncc3)C4)ccc21. The van der Waals surface area contributed by atoms with Gasteiger partial charge in [-0.05, 0) is 68.0 Å².